The van der Waals surface area contributed by atoms with Crippen LogP contribution in [0.25, 0.3) is 32.7 Å². The lowest BCUT2D eigenvalue weighted by molar-refractivity contribution is 0.169. The lowest BCUT2D eigenvalue weighted by atomic mass is 9.94. The summed E-state index contributed by atoms with van der Waals surface area (Å²) in [4.78, 5) is 2.42. The second-order valence-corrected chi connectivity index (χ2v) is 11.6. The third kappa shape index (κ3) is 3.15. The summed E-state index contributed by atoms with van der Waals surface area (Å²) < 4.78 is -0.480. The smallest absolute Gasteiger partial charge is 0.103 e. The van der Waals surface area contributed by atoms with Gasteiger partial charge in [0, 0.05) is 20.9 Å². The lowest BCUT2D eigenvalue weighted by Gasteiger charge is -2.33. The zero-order valence-electron chi connectivity index (χ0n) is 17.7. The van der Waals surface area contributed by atoms with Crippen LogP contribution in [0.3, 0.4) is 0 Å². The minimum absolute atomic E-state index is 0.480. The maximum Gasteiger partial charge on any atom is 0.103 e. The van der Waals surface area contributed by atoms with Crippen LogP contribution in [0.2, 0.25) is 0 Å². The van der Waals surface area contributed by atoms with E-state index in [0.29, 0.717) is 0 Å². The van der Waals surface area contributed by atoms with Crippen LogP contribution in [0.15, 0.2) is 113 Å². The molecular formula is C29H22OS2. The van der Waals surface area contributed by atoms with Gasteiger partial charge in [0.05, 0.1) is 4.08 Å². The van der Waals surface area contributed by atoms with Crippen LogP contribution in [-0.4, -0.2) is 9.19 Å². The normalized spacial score (nSPS) is 15.7. The summed E-state index contributed by atoms with van der Waals surface area (Å²) in [5, 5.41) is 16.6. The molecule has 5 aromatic rings. The van der Waals surface area contributed by atoms with E-state index < -0.39 is 10.2 Å². The Hall–Kier alpha value is -2.72. The zero-order chi connectivity index (χ0) is 21.7. The Morgan fingerprint density at radius 2 is 1.06 bits per heavy atom. The van der Waals surface area contributed by atoms with Crippen molar-refractivity contribution in [3.8, 4) is 11.1 Å². The number of hydrogen-bond acceptors (Lipinski definition) is 3. The van der Waals surface area contributed by atoms with E-state index in [1.807, 2.05) is 30.3 Å². The van der Waals surface area contributed by atoms with Crippen LogP contribution >= 0.6 is 23.5 Å². The molecule has 6 rings (SSSR count). The van der Waals surface area contributed by atoms with E-state index in [9.17, 15) is 5.11 Å². The highest BCUT2D eigenvalue weighted by atomic mass is 32.2. The Balaban J connectivity index is 1.67. The molecule has 0 amide bonds. The molecule has 0 fully saturated rings. The Morgan fingerprint density at radius 3 is 1.59 bits per heavy atom. The molecule has 0 radical (unpaired) electrons. The molecule has 0 saturated heterocycles. The molecule has 1 aliphatic rings. The summed E-state index contributed by atoms with van der Waals surface area (Å²) in [5.74, 6) is 0. The third-order valence-corrected chi connectivity index (χ3v) is 9.15. The summed E-state index contributed by atoms with van der Waals surface area (Å²) in [5.41, 5.74) is 3.49. The molecule has 0 saturated carbocycles. The van der Waals surface area contributed by atoms with Crippen LogP contribution in [0.1, 0.15) is 18.6 Å². The van der Waals surface area contributed by atoms with E-state index in [-0.39, 0.29) is 0 Å². The minimum atomic E-state index is -0.615. The summed E-state index contributed by atoms with van der Waals surface area (Å²) in [6.45, 7) is 2.17. The Bertz CT molecular complexity index is 1370. The zero-order valence-corrected chi connectivity index (χ0v) is 19.3. The molecule has 3 heteroatoms. The van der Waals surface area contributed by atoms with Crippen LogP contribution in [-0.2, 0) is 0 Å². The quantitative estimate of drug-likeness (QED) is 0.292. The predicted molar refractivity (Wildman–Crippen MR) is 138 cm³/mol. The monoisotopic (exact) mass is 450 g/mol. The maximum atomic E-state index is 11.6. The molecule has 0 aromatic heterocycles. The van der Waals surface area contributed by atoms with Gasteiger partial charge in [-0.3, -0.25) is 0 Å². The van der Waals surface area contributed by atoms with Gasteiger partial charge in [0.25, 0.3) is 0 Å². The molecule has 0 aliphatic carbocycles. The van der Waals surface area contributed by atoms with Crippen LogP contribution in [0.5, 0.6) is 0 Å². The van der Waals surface area contributed by atoms with Crippen molar-refractivity contribution in [2.75, 3.05) is 0 Å². The average molecular weight is 451 g/mol. The first-order valence-corrected chi connectivity index (χ1v) is 12.4. The van der Waals surface area contributed by atoms with Gasteiger partial charge in [0.15, 0.2) is 0 Å². The first-order chi connectivity index (χ1) is 15.6. The predicted octanol–water partition coefficient (Wildman–Crippen LogP) is 8.31. The van der Waals surface area contributed by atoms with Gasteiger partial charge in [-0.15, -0.1) is 23.5 Å². The van der Waals surface area contributed by atoms with E-state index in [0.717, 1.165) is 5.56 Å². The minimum Gasteiger partial charge on any atom is -0.386 e. The van der Waals surface area contributed by atoms with Crippen molar-refractivity contribution in [3.05, 3.63) is 109 Å². The molecule has 0 spiro atoms. The molecule has 156 valence electrons. The number of fused-ring (bicyclic) bond motifs is 7. The Kier molecular flexibility index (Phi) is 4.80. The molecule has 5 aromatic carbocycles. The van der Waals surface area contributed by atoms with Gasteiger partial charge in [-0.1, -0.05) is 91.0 Å². The largest absolute Gasteiger partial charge is 0.386 e. The maximum absolute atomic E-state index is 11.6. The number of hydrogen-bond donors (Lipinski definition) is 1. The number of aliphatic hydroxyl groups is 1. The lowest BCUT2D eigenvalue weighted by Crippen LogP contribution is -2.25. The summed E-state index contributed by atoms with van der Waals surface area (Å²) in [6, 6.07) is 36.1. The highest BCUT2D eigenvalue weighted by molar-refractivity contribution is 8.18. The highest BCUT2D eigenvalue weighted by Crippen LogP contribution is 2.60. The molecule has 32 heavy (non-hydrogen) atoms. The van der Waals surface area contributed by atoms with Crippen molar-refractivity contribution < 1.29 is 5.11 Å². The van der Waals surface area contributed by atoms with Crippen LogP contribution < -0.4 is 0 Å². The van der Waals surface area contributed by atoms with Gasteiger partial charge in [-0.05, 0) is 46.2 Å². The van der Waals surface area contributed by atoms with Gasteiger partial charge in [-0.2, -0.15) is 0 Å². The summed E-state index contributed by atoms with van der Waals surface area (Å²) in [6.07, 6.45) is -0.615. The molecule has 1 heterocycles. The van der Waals surface area contributed by atoms with Gasteiger partial charge >= 0.3 is 0 Å². The second kappa shape index (κ2) is 7.70. The van der Waals surface area contributed by atoms with Crippen molar-refractivity contribution >= 4 is 45.1 Å². The van der Waals surface area contributed by atoms with E-state index in [2.05, 4.69) is 79.7 Å². The summed E-state index contributed by atoms with van der Waals surface area (Å²) in [7, 11) is 0. The Labute approximate surface area is 196 Å². The number of rotatable bonds is 2. The van der Waals surface area contributed by atoms with Crippen molar-refractivity contribution in [1.29, 1.82) is 0 Å². The highest BCUT2D eigenvalue weighted by Gasteiger charge is 2.40. The van der Waals surface area contributed by atoms with E-state index in [4.69, 9.17) is 0 Å². The van der Waals surface area contributed by atoms with Gasteiger partial charge in [0.1, 0.15) is 6.10 Å². The summed E-state index contributed by atoms with van der Waals surface area (Å²) >= 11 is 3.55. The van der Waals surface area contributed by atoms with Crippen molar-refractivity contribution in [2.24, 2.45) is 0 Å². The molecule has 0 bridgehead atoms. The molecule has 1 nitrogen and oxygen atoms in total. The van der Waals surface area contributed by atoms with Crippen molar-refractivity contribution in [2.45, 2.75) is 26.9 Å². The molecule has 1 aliphatic heterocycles. The standard InChI is InChI=1S/C29H22OS2/c1-29(28(30)21-11-3-2-4-12-21)31-24-17-15-19-9-5-7-13-22(19)26(24)27-23-14-8-6-10-20(23)16-18-25(27)32-29/h2-18,28,30H,1H3. The molecule has 1 N–H and O–H groups in total. The second-order valence-electron chi connectivity index (χ2n) is 8.35. The van der Waals surface area contributed by atoms with E-state index in [1.54, 1.807) is 23.5 Å². The number of benzene rings is 5. The molecule has 1 unspecified atom stereocenters. The fourth-order valence-corrected chi connectivity index (χ4v) is 7.67. The molecular weight excluding hydrogens is 428 g/mol. The van der Waals surface area contributed by atoms with Gasteiger partial charge in [0.2, 0.25) is 0 Å². The van der Waals surface area contributed by atoms with Gasteiger partial charge in [-0.25, -0.2) is 0 Å². The van der Waals surface area contributed by atoms with Crippen molar-refractivity contribution in [3.63, 3.8) is 0 Å². The van der Waals surface area contributed by atoms with E-state index in [1.165, 1.54) is 42.5 Å². The topological polar surface area (TPSA) is 20.2 Å². The van der Waals surface area contributed by atoms with Gasteiger partial charge < -0.3 is 5.11 Å². The fourth-order valence-electron chi connectivity index (χ4n) is 4.70. The first kappa shape index (κ1) is 19.9. The number of thioether (sulfide) groups is 2. The van der Waals surface area contributed by atoms with Crippen molar-refractivity contribution in [1.82, 2.24) is 0 Å². The first-order valence-electron chi connectivity index (χ1n) is 10.8. The SMILES string of the molecule is CC1(C(O)c2ccccc2)Sc2ccc3ccccc3c2-c2c(ccc3ccccc23)S1. The average Bonchev–Trinajstić information content (AvgIpc) is 2.98. The number of aliphatic hydroxyl groups excluding tert-OH is 1. The fraction of sp³-hybridized carbons (Fsp3) is 0.103. The third-order valence-electron chi connectivity index (χ3n) is 6.27. The van der Waals surface area contributed by atoms with Crippen LogP contribution in [0.4, 0.5) is 0 Å². The van der Waals surface area contributed by atoms with E-state index >= 15 is 0 Å². The Morgan fingerprint density at radius 1 is 0.594 bits per heavy atom. The molecule has 1 atom stereocenters. The van der Waals surface area contributed by atoms with Crippen LogP contribution in [0, 0.1) is 0 Å².